The van der Waals surface area contributed by atoms with Gasteiger partial charge in [-0.3, -0.25) is 0 Å². The van der Waals surface area contributed by atoms with Crippen molar-refractivity contribution in [1.29, 1.82) is 0 Å². The van der Waals surface area contributed by atoms with E-state index in [2.05, 4.69) is 15.2 Å². The van der Waals surface area contributed by atoms with Gasteiger partial charge in [0, 0.05) is 11.1 Å². The first-order chi connectivity index (χ1) is 9.17. The Labute approximate surface area is 112 Å². The van der Waals surface area contributed by atoms with E-state index in [0.29, 0.717) is 26.7 Å². The maximum atomic E-state index is 11.8. The predicted molar refractivity (Wildman–Crippen MR) is 67.2 cm³/mol. The standard InChI is InChI=1S/C11H8ClN5O2/c1-19-8-5-13-16(6-8)11-14-9-3-2-7(12)4-10(9)17(18)15-11/h2-6H,1H3. The van der Waals surface area contributed by atoms with Crippen LogP contribution in [0.15, 0.2) is 30.6 Å². The summed E-state index contributed by atoms with van der Waals surface area (Å²) in [6, 6.07) is 4.82. The summed E-state index contributed by atoms with van der Waals surface area (Å²) in [5.74, 6) is 0.713. The third-order valence-corrected chi connectivity index (χ3v) is 2.78. The van der Waals surface area contributed by atoms with Crippen LogP contribution in [0.3, 0.4) is 0 Å². The van der Waals surface area contributed by atoms with Crippen LogP contribution in [0.2, 0.25) is 5.02 Å². The van der Waals surface area contributed by atoms with Crippen LogP contribution in [0.4, 0.5) is 0 Å². The second-order valence-corrected chi connectivity index (χ2v) is 4.18. The maximum Gasteiger partial charge on any atom is 0.318 e. The van der Waals surface area contributed by atoms with Crippen LogP contribution in [-0.2, 0) is 0 Å². The molecule has 0 amide bonds. The number of hydrogen-bond acceptors (Lipinski definition) is 5. The number of benzene rings is 1. The van der Waals surface area contributed by atoms with Gasteiger partial charge < -0.3 is 9.94 Å². The molecule has 0 radical (unpaired) electrons. The van der Waals surface area contributed by atoms with Crippen LogP contribution >= 0.6 is 11.6 Å². The molecule has 7 nitrogen and oxygen atoms in total. The minimum Gasteiger partial charge on any atom is -0.594 e. The highest BCUT2D eigenvalue weighted by Gasteiger charge is 2.13. The summed E-state index contributed by atoms with van der Waals surface area (Å²) >= 11 is 5.83. The van der Waals surface area contributed by atoms with Crippen LogP contribution in [0, 0.1) is 5.21 Å². The van der Waals surface area contributed by atoms with Gasteiger partial charge in [0.15, 0.2) is 5.75 Å². The van der Waals surface area contributed by atoms with E-state index in [0.717, 1.165) is 0 Å². The van der Waals surface area contributed by atoms with E-state index in [4.69, 9.17) is 16.3 Å². The summed E-state index contributed by atoms with van der Waals surface area (Å²) in [5.41, 5.74) is 0.786. The normalized spacial score (nSPS) is 10.8. The Balaban J connectivity index is 2.17. The van der Waals surface area contributed by atoms with Gasteiger partial charge in [-0.25, -0.2) is 0 Å². The summed E-state index contributed by atoms with van der Waals surface area (Å²) in [4.78, 5) is 4.72. The molecule has 2 heterocycles. The van der Waals surface area contributed by atoms with Crippen LogP contribution in [0.1, 0.15) is 0 Å². The van der Waals surface area contributed by atoms with Gasteiger partial charge in [-0.1, -0.05) is 11.6 Å². The van der Waals surface area contributed by atoms with Crippen molar-refractivity contribution in [3.05, 3.63) is 40.8 Å². The van der Waals surface area contributed by atoms with E-state index in [1.807, 2.05) is 0 Å². The zero-order valence-corrected chi connectivity index (χ0v) is 10.6. The zero-order chi connectivity index (χ0) is 13.4. The first-order valence-electron chi connectivity index (χ1n) is 5.33. The second kappa shape index (κ2) is 4.36. The van der Waals surface area contributed by atoms with Gasteiger partial charge in [-0.05, 0) is 17.0 Å². The van der Waals surface area contributed by atoms with Crippen molar-refractivity contribution in [3.63, 3.8) is 0 Å². The highest BCUT2D eigenvalue weighted by molar-refractivity contribution is 6.31. The summed E-state index contributed by atoms with van der Waals surface area (Å²) in [6.07, 6.45) is 3.08. The van der Waals surface area contributed by atoms with Gasteiger partial charge in [-0.2, -0.15) is 14.8 Å². The summed E-state index contributed by atoms with van der Waals surface area (Å²) < 4.78 is 6.37. The number of halogens is 1. The Morgan fingerprint density at radius 2 is 2.26 bits per heavy atom. The fraction of sp³-hybridized carbons (Fsp3) is 0.0909. The minimum absolute atomic E-state index is 0.160. The summed E-state index contributed by atoms with van der Waals surface area (Å²) in [7, 11) is 1.53. The number of nitrogens with zero attached hydrogens (tertiary/aromatic N) is 5. The van der Waals surface area contributed by atoms with Gasteiger partial charge in [0.1, 0.15) is 5.52 Å². The van der Waals surface area contributed by atoms with Crippen molar-refractivity contribution >= 4 is 22.6 Å². The molecule has 0 N–H and O–H groups in total. The molecule has 0 aliphatic carbocycles. The van der Waals surface area contributed by atoms with Crippen molar-refractivity contribution in [3.8, 4) is 11.7 Å². The quantitative estimate of drug-likeness (QED) is 0.518. The van der Waals surface area contributed by atoms with Gasteiger partial charge in [0.25, 0.3) is 5.52 Å². The van der Waals surface area contributed by atoms with Gasteiger partial charge in [0.2, 0.25) is 0 Å². The molecular weight excluding hydrogens is 270 g/mol. The highest BCUT2D eigenvalue weighted by Crippen LogP contribution is 2.15. The topological polar surface area (TPSA) is 79.8 Å². The van der Waals surface area contributed by atoms with Crippen molar-refractivity contribution in [2.75, 3.05) is 7.11 Å². The number of aromatic nitrogens is 5. The predicted octanol–water partition coefficient (Wildman–Crippen LogP) is 1.11. The lowest BCUT2D eigenvalue weighted by molar-refractivity contribution is -0.642. The fourth-order valence-corrected chi connectivity index (χ4v) is 1.79. The Hall–Kier alpha value is -2.41. The molecule has 0 unspecified atom stereocenters. The zero-order valence-electron chi connectivity index (χ0n) is 9.82. The minimum atomic E-state index is 0.160. The van der Waals surface area contributed by atoms with Gasteiger partial charge in [0.05, 0.1) is 24.6 Å². The lowest BCUT2D eigenvalue weighted by Gasteiger charge is -2.02. The molecular formula is C11H8ClN5O2. The molecule has 0 atom stereocenters. The summed E-state index contributed by atoms with van der Waals surface area (Å²) in [6.45, 7) is 0. The van der Waals surface area contributed by atoms with E-state index in [1.165, 1.54) is 24.1 Å². The molecule has 0 aliphatic heterocycles. The molecule has 19 heavy (non-hydrogen) atoms. The molecule has 0 saturated heterocycles. The molecule has 8 heteroatoms. The fourth-order valence-electron chi connectivity index (χ4n) is 1.63. The van der Waals surface area contributed by atoms with Crippen molar-refractivity contribution in [1.82, 2.24) is 19.9 Å². The number of fused-ring (bicyclic) bond motifs is 1. The molecule has 3 aromatic rings. The highest BCUT2D eigenvalue weighted by atomic mass is 35.5. The molecule has 0 aliphatic rings. The first kappa shape index (κ1) is 11.7. The summed E-state index contributed by atoms with van der Waals surface area (Å²) in [5, 5.41) is 20.1. The van der Waals surface area contributed by atoms with Crippen molar-refractivity contribution in [2.24, 2.45) is 0 Å². The number of methoxy groups -OCH3 is 1. The molecule has 0 fully saturated rings. The lowest BCUT2D eigenvalue weighted by atomic mass is 10.3. The molecule has 1 aromatic carbocycles. The number of hydrogen-bond donors (Lipinski definition) is 0. The molecule has 0 spiro atoms. The van der Waals surface area contributed by atoms with E-state index in [-0.39, 0.29) is 5.95 Å². The maximum absolute atomic E-state index is 11.8. The molecule has 96 valence electrons. The Bertz CT molecular complexity index is 758. The molecule has 0 saturated carbocycles. The second-order valence-electron chi connectivity index (χ2n) is 3.74. The average molecular weight is 278 g/mol. The van der Waals surface area contributed by atoms with Crippen molar-refractivity contribution < 1.29 is 9.58 Å². The largest absolute Gasteiger partial charge is 0.594 e. The Morgan fingerprint density at radius 3 is 3.00 bits per heavy atom. The van der Waals surface area contributed by atoms with Crippen LogP contribution < -0.4 is 9.58 Å². The monoisotopic (exact) mass is 277 g/mol. The smallest absolute Gasteiger partial charge is 0.318 e. The van der Waals surface area contributed by atoms with E-state index in [9.17, 15) is 5.21 Å². The molecule has 2 aromatic heterocycles. The van der Waals surface area contributed by atoms with Crippen LogP contribution in [-0.4, -0.2) is 27.0 Å². The molecule has 3 rings (SSSR count). The number of rotatable bonds is 2. The van der Waals surface area contributed by atoms with Gasteiger partial charge >= 0.3 is 5.95 Å². The number of ether oxygens (including phenoxy) is 1. The third kappa shape index (κ3) is 2.04. The lowest BCUT2D eigenvalue weighted by Crippen LogP contribution is -2.34. The Kier molecular flexibility index (Phi) is 2.68. The van der Waals surface area contributed by atoms with Crippen LogP contribution in [0.5, 0.6) is 5.75 Å². The Morgan fingerprint density at radius 1 is 1.42 bits per heavy atom. The SMILES string of the molecule is COc1cnn(-c2nc3ccc(Cl)cc3[n+]([O-])n2)c1. The molecule has 0 bridgehead atoms. The first-order valence-corrected chi connectivity index (χ1v) is 5.71. The van der Waals surface area contributed by atoms with E-state index < -0.39 is 0 Å². The van der Waals surface area contributed by atoms with Crippen LogP contribution in [0.25, 0.3) is 17.0 Å². The van der Waals surface area contributed by atoms with Crippen molar-refractivity contribution in [2.45, 2.75) is 0 Å². The van der Waals surface area contributed by atoms with Gasteiger partial charge in [-0.15, -0.1) is 0 Å². The van der Waals surface area contributed by atoms with E-state index >= 15 is 0 Å². The average Bonchev–Trinajstić information content (AvgIpc) is 2.88. The van der Waals surface area contributed by atoms with E-state index in [1.54, 1.807) is 18.3 Å². The third-order valence-electron chi connectivity index (χ3n) is 2.54.